The standard InChI is InChI=1S/C26H37NO3/c1-18(2)26(29)30-24-16-15-22(17-28)25(27(19(3)4)20(5)6)23(24)14-10-13-21-11-8-7-9-12-21/h7-9,11-12,15-16,18-20,28H,10,13-14,17H2,1-6H3. The number of hydrogen-bond acceptors (Lipinski definition) is 4. The topological polar surface area (TPSA) is 49.8 Å². The van der Waals surface area contributed by atoms with E-state index in [4.69, 9.17) is 4.74 Å². The maximum absolute atomic E-state index is 12.4. The van der Waals surface area contributed by atoms with E-state index in [9.17, 15) is 9.90 Å². The molecule has 0 unspecified atom stereocenters. The second kappa shape index (κ2) is 11.2. The molecule has 0 saturated carbocycles. The summed E-state index contributed by atoms with van der Waals surface area (Å²) in [4.78, 5) is 14.7. The average molecular weight is 412 g/mol. The van der Waals surface area contributed by atoms with Gasteiger partial charge >= 0.3 is 5.97 Å². The van der Waals surface area contributed by atoms with E-state index < -0.39 is 0 Å². The fourth-order valence-corrected chi connectivity index (χ4v) is 3.91. The lowest BCUT2D eigenvalue weighted by molar-refractivity contribution is -0.137. The lowest BCUT2D eigenvalue weighted by Crippen LogP contribution is -2.38. The SMILES string of the molecule is CC(C)C(=O)Oc1ccc(CO)c(N(C(C)C)C(C)C)c1CCCc1ccccc1. The summed E-state index contributed by atoms with van der Waals surface area (Å²) in [6.45, 7) is 12.3. The van der Waals surface area contributed by atoms with Crippen molar-refractivity contribution in [2.24, 2.45) is 5.92 Å². The van der Waals surface area contributed by atoms with Crippen molar-refractivity contribution in [3.63, 3.8) is 0 Å². The maximum atomic E-state index is 12.4. The summed E-state index contributed by atoms with van der Waals surface area (Å²) in [6.07, 6.45) is 2.65. The molecule has 2 rings (SSSR count). The van der Waals surface area contributed by atoms with Crippen LogP contribution in [0.1, 0.15) is 64.7 Å². The summed E-state index contributed by atoms with van der Waals surface area (Å²) in [7, 11) is 0. The van der Waals surface area contributed by atoms with Gasteiger partial charge in [-0.3, -0.25) is 4.79 Å². The minimum absolute atomic E-state index is 0.0463. The monoisotopic (exact) mass is 411 g/mol. The number of aliphatic hydroxyl groups is 1. The number of rotatable bonds is 10. The van der Waals surface area contributed by atoms with Gasteiger partial charge in [-0.2, -0.15) is 0 Å². The molecule has 0 fully saturated rings. The van der Waals surface area contributed by atoms with Crippen molar-refractivity contribution in [2.75, 3.05) is 4.90 Å². The molecule has 2 aromatic carbocycles. The van der Waals surface area contributed by atoms with Gasteiger partial charge in [0.15, 0.2) is 0 Å². The van der Waals surface area contributed by atoms with E-state index in [1.807, 2.05) is 32.0 Å². The van der Waals surface area contributed by atoms with Crippen LogP contribution in [0.4, 0.5) is 5.69 Å². The number of hydrogen-bond donors (Lipinski definition) is 1. The molecule has 0 aromatic heterocycles. The molecule has 2 aromatic rings. The maximum Gasteiger partial charge on any atom is 0.313 e. The van der Waals surface area contributed by atoms with Crippen molar-refractivity contribution in [3.8, 4) is 5.75 Å². The molecule has 0 aliphatic rings. The first-order valence-corrected chi connectivity index (χ1v) is 11.1. The smallest absolute Gasteiger partial charge is 0.313 e. The van der Waals surface area contributed by atoms with E-state index in [2.05, 4.69) is 56.9 Å². The summed E-state index contributed by atoms with van der Waals surface area (Å²) in [5, 5.41) is 10.1. The second-order valence-electron chi connectivity index (χ2n) is 8.72. The number of carbonyl (C=O) groups is 1. The molecule has 0 atom stereocenters. The Kier molecular flexibility index (Phi) is 8.91. The van der Waals surface area contributed by atoms with Crippen molar-refractivity contribution in [1.29, 1.82) is 0 Å². The van der Waals surface area contributed by atoms with Crippen LogP contribution in [0, 0.1) is 5.92 Å². The van der Waals surface area contributed by atoms with E-state index in [1.54, 1.807) is 0 Å². The van der Waals surface area contributed by atoms with Gasteiger partial charge in [-0.25, -0.2) is 0 Å². The second-order valence-corrected chi connectivity index (χ2v) is 8.72. The van der Waals surface area contributed by atoms with Crippen molar-refractivity contribution in [2.45, 2.75) is 79.5 Å². The molecular weight excluding hydrogens is 374 g/mol. The third-order valence-corrected chi connectivity index (χ3v) is 5.28. The Morgan fingerprint density at radius 1 is 0.933 bits per heavy atom. The molecule has 1 N–H and O–H groups in total. The quantitative estimate of drug-likeness (QED) is 0.412. The first kappa shape index (κ1) is 23.9. The number of esters is 1. The Hall–Kier alpha value is -2.33. The minimum atomic E-state index is -0.234. The Labute approximate surface area is 181 Å². The van der Waals surface area contributed by atoms with Crippen LogP contribution in [0.3, 0.4) is 0 Å². The first-order valence-electron chi connectivity index (χ1n) is 11.1. The van der Waals surface area contributed by atoms with Crippen LogP contribution in [-0.2, 0) is 24.2 Å². The van der Waals surface area contributed by atoms with Gasteiger partial charge in [-0.15, -0.1) is 0 Å². The van der Waals surface area contributed by atoms with E-state index in [0.29, 0.717) is 5.75 Å². The fourth-order valence-electron chi connectivity index (χ4n) is 3.91. The normalized spacial score (nSPS) is 11.4. The first-order chi connectivity index (χ1) is 14.3. The predicted molar refractivity (Wildman–Crippen MR) is 124 cm³/mol. The molecule has 4 heteroatoms. The molecule has 0 aliphatic heterocycles. The Morgan fingerprint density at radius 2 is 1.57 bits per heavy atom. The third-order valence-electron chi connectivity index (χ3n) is 5.28. The molecule has 4 nitrogen and oxygen atoms in total. The minimum Gasteiger partial charge on any atom is -0.426 e. The largest absolute Gasteiger partial charge is 0.426 e. The van der Waals surface area contributed by atoms with Gasteiger partial charge < -0.3 is 14.7 Å². The number of ether oxygens (including phenoxy) is 1. The van der Waals surface area contributed by atoms with Crippen LogP contribution in [0.15, 0.2) is 42.5 Å². The highest BCUT2D eigenvalue weighted by atomic mass is 16.5. The van der Waals surface area contributed by atoms with Crippen LogP contribution in [0.25, 0.3) is 0 Å². The Bertz CT molecular complexity index is 805. The van der Waals surface area contributed by atoms with Gasteiger partial charge in [0.25, 0.3) is 0 Å². The molecule has 0 heterocycles. The summed E-state index contributed by atoms with van der Waals surface area (Å²) < 4.78 is 5.81. The van der Waals surface area contributed by atoms with Gasteiger partial charge in [-0.05, 0) is 58.6 Å². The highest BCUT2D eigenvalue weighted by Gasteiger charge is 2.25. The summed E-state index contributed by atoms with van der Waals surface area (Å²) >= 11 is 0. The van der Waals surface area contributed by atoms with Crippen molar-refractivity contribution >= 4 is 11.7 Å². The lowest BCUT2D eigenvalue weighted by atomic mass is 9.96. The molecule has 0 radical (unpaired) electrons. The molecule has 0 saturated heterocycles. The fraction of sp³-hybridized carbons (Fsp3) is 0.500. The van der Waals surface area contributed by atoms with Gasteiger partial charge in [0.05, 0.1) is 12.5 Å². The van der Waals surface area contributed by atoms with Crippen LogP contribution >= 0.6 is 0 Å². The molecule has 0 bridgehead atoms. The van der Waals surface area contributed by atoms with Crippen molar-refractivity contribution in [1.82, 2.24) is 0 Å². The van der Waals surface area contributed by atoms with Crippen molar-refractivity contribution in [3.05, 3.63) is 59.2 Å². The number of aliphatic hydroxyl groups excluding tert-OH is 1. The van der Waals surface area contributed by atoms with E-state index >= 15 is 0 Å². The van der Waals surface area contributed by atoms with Crippen LogP contribution < -0.4 is 9.64 Å². The zero-order valence-corrected chi connectivity index (χ0v) is 19.3. The van der Waals surface area contributed by atoms with E-state index in [-0.39, 0.29) is 30.6 Å². The molecular formula is C26H37NO3. The van der Waals surface area contributed by atoms with E-state index in [0.717, 1.165) is 36.1 Å². The molecule has 0 spiro atoms. The van der Waals surface area contributed by atoms with E-state index in [1.165, 1.54) is 5.56 Å². The number of carbonyl (C=O) groups excluding carboxylic acids is 1. The zero-order chi connectivity index (χ0) is 22.3. The van der Waals surface area contributed by atoms with Gasteiger partial charge in [0.1, 0.15) is 5.75 Å². The number of nitrogens with zero attached hydrogens (tertiary/aromatic N) is 1. The zero-order valence-electron chi connectivity index (χ0n) is 19.3. The highest BCUT2D eigenvalue weighted by Crippen LogP contribution is 2.37. The Balaban J connectivity index is 2.48. The summed E-state index contributed by atoms with van der Waals surface area (Å²) in [6, 6.07) is 14.6. The van der Waals surface area contributed by atoms with Gasteiger partial charge in [0, 0.05) is 28.9 Å². The van der Waals surface area contributed by atoms with Crippen molar-refractivity contribution < 1.29 is 14.6 Å². The van der Waals surface area contributed by atoms with Gasteiger partial charge in [-0.1, -0.05) is 50.2 Å². The Morgan fingerprint density at radius 3 is 2.10 bits per heavy atom. The number of aryl methyl sites for hydroxylation is 1. The van der Waals surface area contributed by atoms with Gasteiger partial charge in [0.2, 0.25) is 0 Å². The summed E-state index contributed by atoms with van der Waals surface area (Å²) in [5.41, 5.74) is 4.18. The number of benzene rings is 2. The van der Waals surface area contributed by atoms with Crippen LogP contribution in [0.5, 0.6) is 5.75 Å². The lowest BCUT2D eigenvalue weighted by Gasteiger charge is -2.37. The molecule has 0 aliphatic carbocycles. The molecule has 164 valence electrons. The predicted octanol–water partition coefficient (Wildman–Crippen LogP) is 5.54. The molecule has 30 heavy (non-hydrogen) atoms. The van der Waals surface area contributed by atoms with Crippen LogP contribution in [-0.4, -0.2) is 23.2 Å². The summed E-state index contributed by atoms with van der Waals surface area (Å²) in [5.74, 6) is 0.178. The third kappa shape index (κ3) is 6.09. The highest BCUT2D eigenvalue weighted by molar-refractivity contribution is 5.76. The molecule has 0 amide bonds. The average Bonchev–Trinajstić information content (AvgIpc) is 2.70. The van der Waals surface area contributed by atoms with Crippen LogP contribution in [0.2, 0.25) is 0 Å². The number of anilines is 1.